The van der Waals surface area contributed by atoms with Gasteiger partial charge in [-0.1, -0.05) is 20.3 Å². The fourth-order valence-electron chi connectivity index (χ4n) is 3.31. The molecule has 0 saturated heterocycles. The fraction of sp³-hybridized carbons (Fsp3) is 0.588. The molecule has 1 aromatic carbocycles. The predicted octanol–water partition coefficient (Wildman–Crippen LogP) is 2.42. The minimum atomic E-state index is -4.22. The van der Waals surface area contributed by atoms with Crippen LogP contribution in [0.3, 0.4) is 0 Å². The first kappa shape index (κ1) is 23.1. The minimum absolute atomic E-state index is 0. The van der Waals surface area contributed by atoms with Crippen LogP contribution in [0.2, 0.25) is 0 Å². The summed E-state index contributed by atoms with van der Waals surface area (Å²) in [6.45, 7) is 7.02. The Kier molecular flexibility index (Phi) is 8.14. The summed E-state index contributed by atoms with van der Waals surface area (Å²) in [5.41, 5.74) is 1.66. The molecule has 0 aromatic heterocycles. The number of unbranched alkanes of at least 4 members (excludes halogenated alkanes) is 2. The van der Waals surface area contributed by atoms with Crippen LogP contribution in [0.1, 0.15) is 52.0 Å². The van der Waals surface area contributed by atoms with Crippen LogP contribution in [0.5, 0.6) is 0 Å². The van der Waals surface area contributed by atoms with Crippen molar-refractivity contribution in [1.82, 2.24) is 0 Å². The average Bonchev–Trinajstić information content (AvgIpc) is 2.66. The van der Waals surface area contributed by atoms with E-state index in [-0.39, 0.29) is 74.2 Å². The second-order valence-electron chi connectivity index (χ2n) is 6.95. The summed E-state index contributed by atoms with van der Waals surface area (Å²) in [6.07, 6.45) is 2.58. The van der Waals surface area contributed by atoms with Gasteiger partial charge in [0.2, 0.25) is 0 Å². The summed E-state index contributed by atoms with van der Waals surface area (Å²) in [4.78, 5) is 12.7. The van der Waals surface area contributed by atoms with Crippen molar-refractivity contribution < 1.29 is 22.9 Å². The quantitative estimate of drug-likeness (QED) is 0.418. The zero-order chi connectivity index (χ0) is 18.1. The number of benzene rings is 1. The molecule has 2 N–H and O–H groups in total. The number of fused-ring (bicyclic) bond motifs is 1. The average molecular weight is 396 g/mol. The van der Waals surface area contributed by atoms with Gasteiger partial charge in [0, 0.05) is 30.1 Å². The van der Waals surface area contributed by atoms with Gasteiger partial charge in [-0.3, -0.25) is 9.35 Å². The summed E-state index contributed by atoms with van der Waals surface area (Å²) in [7, 11) is -4.22. The van der Waals surface area contributed by atoms with E-state index in [1.54, 1.807) is 12.1 Å². The van der Waals surface area contributed by atoms with E-state index in [4.69, 9.17) is 5.11 Å². The molecule has 1 aromatic rings. The van der Waals surface area contributed by atoms with Gasteiger partial charge in [0.15, 0.2) is 0 Å². The van der Waals surface area contributed by atoms with Gasteiger partial charge in [-0.05, 0) is 43.5 Å². The Morgan fingerprint density at radius 2 is 1.88 bits per heavy atom. The maximum atomic E-state index is 11.4. The first-order valence-corrected chi connectivity index (χ1v) is 9.59. The molecule has 8 heteroatoms. The molecule has 0 spiro atoms. The molecule has 1 heterocycles. The monoisotopic (exact) mass is 395 g/mol. The van der Waals surface area contributed by atoms with Crippen LogP contribution < -0.4 is 4.90 Å². The Bertz CT molecular complexity index is 733. The molecule has 2 rings (SSSR count). The van der Waals surface area contributed by atoms with Crippen LogP contribution in [0.15, 0.2) is 23.1 Å². The third-order valence-electron chi connectivity index (χ3n) is 5.07. The van der Waals surface area contributed by atoms with Crippen molar-refractivity contribution in [2.75, 3.05) is 11.4 Å². The van der Waals surface area contributed by atoms with Crippen LogP contribution in [0, 0.1) is 0 Å². The number of carbonyl (C=O) groups is 1. The Balaban J connectivity index is 0.00000312. The van der Waals surface area contributed by atoms with Gasteiger partial charge in [-0.25, -0.2) is 0 Å². The Hall–Kier alpha value is 0.0364. The Labute approximate surface area is 192 Å². The van der Waals surface area contributed by atoms with Crippen molar-refractivity contribution in [3.8, 4) is 0 Å². The standard InChI is InChI=1S/C17H25NO5S.K.H/c1-12-17(2,3)14-11-13(24(21,22)23)8-9-15(14)18(12)10-6-4-5-7-16(19)20;;/h8-9,11-12H,4-7,10H2,1-3H3,(H,19,20)(H,21,22,23);;. The molecule has 1 aliphatic heterocycles. The molecule has 0 radical (unpaired) electrons. The third-order valence-corrected chi connectivity index (χ3v) is 5.92. The van der Waals surface area contributed by atoms with Crippen molar-refractivity contribution in [3.63, 3.8) is 0 Å². The molecule has 0 saturated carbocycles. The van der Waals surface area contributed by atoms with E-state index < -0.39 is 16.1 Å². The number of carboxylic acid groups (broad SMARTS) is 1. The molecule has 6 nitrogen and oxygen atoms in total. The molecular weight excluding hydrogens is 369 g/mol. The first-order valence-electron chi connectivity index (χ1n) is 8.15. The Morgan fingerprint density at radius 1 is 1.24 bits per heavy atom. The van der Waals surface area contributed by atoms with E-state index in [1.807, 2.05) is 0 Å². The second kappa shape index (κ2) is 8.82. The van der Waals surface area contributed by atoms with E-state index in [9.17, 15) is 17.8 Å². The molecule has 136 valence electrons. The molecule has 0 aliphatic carbocycles. The van der Waals surface area contributed by atoms with Gasteiger partial charge >= 0.3 is 57.4 Å². The predicted molar refractivity (Wildman–Crippen MR) is 99.3 cm³/mol. The van der Waals surface area contributed by atoms with Gasteiger partial charge in [0.1, 0.15) is 0 Å². The van der Waals surface area contributed by atoms with Crippen molar-refractivity contribution in [3.05, 3.63) is 23.8 Å². The molecule has 0 amide bonds. The molecule has 1 aliphatic rings. The van der Waals surface area contributed by atoms with Gasteiger partial charge in [0.05, 0.1) is 4.90 Å². The summed E-state index contributed by atoms with van der Waals surface area (Å²) >= 11 is 0. The summed E-state index contributed by atoms with van der Waals surface area (Å²) < 4.78 is 32.1. The van der Waals surface area contributed by atoms with Gasteiger partial charge in [-0.15, -0.1) is 0 Å². The normalized spacial score (nSPS) is 18.6. The topological polar surface area (TPSA) is 94.9 Å². The number of rotatable bonds is 7. The zero-order valence-corrected chi connectivity index (χ0v) is 15.1. The van der Waals surface area contributed by atoms with Crippen LogP contribution in [0.4, 0.5) is 5.69 Å². The number of anilines is 1. The maximum absolute atomic E-state index is 11.4. The molecular formula is C17H26KNO5S. The molecule has 25 heavy (non-hydrogen) atoms. The number of hydrogen-bond donors (Lipinski definition) is 2. The van der Waals surface area contributed by atoms with Crippen molar-refractivity contribution in [1.29, 1.82) is 0 Å². The van der Waals surface area contributed by atoms with Crippen molar-refractivity contribution in [2.45, 2.75) is 62.8 Å². The van der Waals surface area contributed by atoms with Crippen LogP contribution in [0.25, 0.3) is 0 Å². The third kappa shape index (κ3) is 5.28. The summed E-state index contributed by atoms with van der Waals surface area (Å²) in [6, 6.07) is 4.93. The SMILES string of the molecule is CC1N(CCCCCC(=O)O)c2ccc(S(=O)(=O)O)cc2C1(C)C.[KH]. The molecule has 0 bridgehead atoms. The van der Waals surface area contributed by atoms with Crippen molar-refractivity contribution >= 4 is 73.2 Å². The molecule has 0 fully saturated rings. The van der Waals surface area contributed by atoms with E-state index in [2.05, 4.69) is 25.7 Å². The van der Waals surface area contributed by atoms with Crippen LogP contribution in [-0.4, -0.2) is 88.0 Å². The number of carboxylic acids is 1. The van der Waals surface area contributed by atoms with Crippen LogP contribution in [-0.2, 0) is 20.3 Å². The van der Waals surface area contributed by atoms with Crippen LogP contribution >= 0.6 is 0 Å². The first-order chi connectivity index (χ1) is 11.0. The fourth-order valence-corrected chi connectivity index (χ4v) is 3.82. The van der Waals surface area contributed by atoms with E-state index in [0.717, 1.165) is 30.6 Å². The summed E-state index contributed by atoms with van der Waals surface area (Å²) in [5, 5.41) is 8.68. The second-order valence-corrected chi connectivity index (χ2v) is 8.37. The number of hydrogen-bond acceptors (Lipinski definition) is 4. The summed E-state index contributed by atoms with van der Waals surface area (Å²) in [5.74, 6) is -0.770. The molecule has 1 atom stereocenters. The van der Waals surface area contributed by atoms with Crippen molar-refractivity contribution in [2.24, 2.45) is 0 Å². The van der Waals surface area contributed by atoms with E-state index in [1.165, 1.54) is 6.07 Å². The van der Waals surface area contributed by atoms with Gasteiger partial charge < -0.3 is 10.0 Å². The Morgan fingerprint density at radius 3 is 2.44 bits per heavy atom. The number of aliphatic carboxylic acids is 1. The zero-order valence-electron chi connectivity index (χ0n) is 14.3. The van der Waals surface area contributed by atoms with E-state index >= 15 is 0 Å². The van der Waals surface area contributed by atoms with Gasteiger partial charge in [0.25, 0.3) is 10.1 Å². The van der Waals surface area contributed by atoms with Gasteiger partial charge in [-0.2, -0.15) is 8.42 Å². The number of nitrogens with zero attached hydrogens (tertiary/aromatic N) is 1. The molecule has 1 unspecified atom stereocenters. The van der Waals surface area contributed by atoms with E-state index in [0.29, 0.717) is 6.42 Å².